The molecular weight excluding hydrogens is 1240 g/mol. The predicted octanol–water partition coefficient (Wildman–Crippen LogP) is 11.7. The maximum atomic E-state index is 16.3. The molecule has 4 aromatic heterocycles. The molecule has 1 saturated carbocycles. The first kappa shape index (κ1) is 66.0. The lowest BCUT2D eigenvalue weighted by atomic mass is 9.87. The number of benzene rings is 4. The summed E-state index contributed by atoms with van der Waals surface area (Å²) in [4.78, 5) is 102. The van der Waals surface area contributed by atoms with E-state index in [0.29, 0.717) is 122 Å². The number of allylic oxidation sites excluding steroid dienone is 1. The standard InChI is InChI=1S/C72H84FN11O9Si2/c1-79-45-52(41-60(71(79)89)77-63-24-21-54(44-75-63)80-33-35-82(36-34-80)65(87)16-12-38-95(4,5)92)57-42-53(43-62(58(57)46-85)83-32-28-50-39-51(47-17-18-47)40-59(73)66(50)72(83)90)76-70(88)67-68(49-19-22-56(23-20-49)93-55-13-8-6-9-14-55)78-84-61(25-29-74-69(67)84)48-26-30-81(31-27-48)64(86)15-10-7-11-37-94(2,3)91/h6,8-10,13-15,19-24,28,32,39-45,47-48,61,74,85,91-92H,7,11-12,16-18,25-27,29-31,33-38,46H2,1-5H3,(H,75,77)(H,76,88)/b15-10+. The number of likely N-dealkylation sites (tertiary alicyclic amines) is 1. The van der Waals surface area contributed by atoms with Gasteiger partial charge in [-0.2, -0.15) is 5.10 Å². The van der Waals surface area contributed by atoms with Crippen molar-refractivity contribution >= 4 is 73.8 Å². The Labute approximate surface area is 554 Å². The summed E-state index contributed by atoms with van der Waals surface area (Å²) in [5.41, 5.74) is 3.45. The minimum atomic E-state index is -2.23. The second-order valence-electron chi connectivity index (χ2n) is 27.0. The number of halogens is 1. The molecule has 12 rings (SSSR count). The minimum Gasteiger partial charge on any atom is -0.457 e. The number of unbranched alkanes of at least 4 members (excludes halogenated alkanes) is 1. The number of nitrogens with one attached hydrogen (secondary N) is 3. The summed E-state index contributed by atoms with van der Waals surface area (Å²) in [6, 6.07) is 31.7. The van der Waals surface area contributed by atoms with Crippen molar-refractivity contribution in [1.29, 1.82) is 0 Å². The summed E-state index contributed by atoms with van der Waals surface area (Å²) in [5.74, 6) is 1.33. The van der Waals surface area contributed by atoms with Crippen LogP contribution in [-0.4, -0.2) is 129 Å². The fraction of sp³-hybridized carbons (Fsp3) is 0.375. The number of fused-ring (bicyclic) bond motifs is 2. The van der Waals surface area contributed by atoms with Crippen LogP contribution in [0.1, 0.15) is 91.2 Å². The Morgan fingerprint density at radius 3 is 2.21 bits per heavy atom. The molecule has 3 aliphatic heterocycles. The van der Waals surface area contributed by atoms with Crippen molar-refractivity contribution < 1.29 is 38.2 Å². The van der Waals surface area contributed by atoms with Crippen LogP contribution in [0.2, 0.25) is 38.3 Å². The summed E-state index contributed by atoms with van der Waals surface area (Å²) < 4.78 is 27.1. The van der Waals surface area contributed by atoms with Crippen molar-refractivity contribution in [3.8, 4) is 39.6 Å². The second kappa shape index (κ2) is 28.1. The highest BCUT2D eigenvalue weighted by molar-refractivity contribution is 6.70. The van der Waals surface area contributed by atoms with Crippen LogP contribution in [0.15, 0.2) is 143 Å². The van der Waals surface area contributed by atoms with Gasteiger partial charge in [0.1, 0.15) is 45.9 Å². The van der Waals surface area contributed by atoms with E-state index >= 15 is 9.18 Å². The molecule has 2 saturated heterocycles. The topological polar surface area (TPSA) is 242 Å². The van der Waals surface area contributed by atoms with Crippen LogP contribution in [-0.2, 0) is 23.2 Å². The Morgan fingerprint density at radius 1 is 0.789 bits per heavy atom. The highest BCUT2D eigenvalue weighted by Crippen LogP contribution is 2.44. The van der Waals surface area contributed by atoms with Gasteiger partial charge in [-0.15, -0.1) is 0 Å². The zero-order valence-corrected chi connectivity index (χ0v) is 56.6. The van der Waals surface area contributed by atoms with Crippen LogP contribution in [0.25, 0.3) is 38.8 Å². The number of pyridine rings is 3. The molecule has 95 heavy (non-hydrogen) atoms. The van der Waals surface area contributed by atoms with Gasteiger partial charge in [-0.3, -0.25) is 28.5 Å². The number of aryl methyl sites for hydroxylation is 1. The van der Waals surface area contributed by atoms with E-state index in [0.717, 1.165) is 55.8 Å². The first-order valence-corrected chi connectivity index (χ1v) is 39.5. The zero-order chi connectivity index (χ0) is 66.7. The van der Waals surface area contributed by atoms with Crippen molar-refractivity contribution in [2.24, 2.45) is 13.0 Å². The van der Waals surface area contributed by atoms with E-state index in [9.17, 15) is 33.9 Å². The largest absolute Gasteiger partial charge is 0.457 e. The Bertz CT molecular complexity index is 4300. The summed E-state index contributed by atoms with van der Waals surface area (Å²) in [5, 5.41) is 27.1. The molecule has 4 aliphatic rings. The van der Waals surface area contributed by atoms with Crippen LogP contribution in [0.4, 0.5) is 33.1 Å². The van der Waals surface area contributed by atoms with E-state index < -0.39 is 40.5 Å². The van der Waals surface area contributed by atoms with Crippen molar-refractivity contribution in [1.82, 2.24) is 33.7 Å². The molecule has 1 aliphatic carbocycles. The summed E-state index contributed by atoms with van der Waals surface area (Å²) in [6.45, 7) is 11.0. The first-order valence-electron chi connectivity index (χ1n) is 33.2. The number of hydrogen-bond acceptors (Lipinski definition) is 14. The Hall–Kier alpha value is -9.01. The monoisotopic (exact) mass is 1320 g/mol. The first-order chi connectivity index (χ1) is 45.6. The van der Waals surface area contributed by atoms with E-state index in [4.69, 9.17) is 14.8 Å². The van der Waals surface area contributed by atoms with Crippen molar-refractivity contribution in [2.75, 3.05) is 66.7 Å². The highest BCUT2D eigenvalue weighted by atomic mass is 28.4. The second-order valence-corrected chi connectivity index (χ2v) is 35.2. The van der Waals surface area contributed by atoms with Crippen LogP contribution in [0.3, 0.4) is 0 Å². The third-order valence-electron chi connectivity index (χ3n) is 18.7. The number of carbonyl (C=O) groups excluding carboxylic acids is 3. The molecule has 1 unspecified atom stereocenters. The molecule has 20 nitrogen and oxygen atoms in total. The molecule has 7 heterocycles. The number of hydrogen-bond donors (Lipinski definition) is 6. The smallest absolute Gasteiger partial charge is 0.274 e. The third-order valence-corrected chi connectivity index (χ3v) is 21.9. The van der Waals surface area contributed by atoms with Crippen molar-refractivity contribution in [3.63, 3.8) is 0 Å². The number of rotatable bonds is 22. The molecule has 23 heteroatoms. The molecule has 8 aromatic rings. The number of aromatic nitrogens is 5. The maximum Gasteiger partial charge on any atom is 0.274 e. The average Bonchev–Trinajstić information content (AvgIpc) is 1.74. The maximum absolute atomic E-state index is 16.3. The van der Waals surface area contributed by atoms with E-state index in [2.05, 4.69) is 20.9 Å². The Kier molecular flexibility index (Phi) is 19.6. The van der Waals surface area contributed by atoms with Gasteiger partial charge in [0.15, 0.2) is 16.6 Å². The van der Waals surface area contributed by atoms with E-state index in [1.165, 1.54) is 15.2 Å². The SMILES string of the molecule is Cn1cc(-c2cc(NC(=O)c3c(-c4ccc(Oc5ccccc5)cc4)nn4c3NCCC4C3CCN(C(=O)/C=C/CCC[Si](C)(C)O)CC3)cc(-n3ccc4cc(C5CC5)cc(F)c4c3=O)c2CO)cc(Nc2ccc(N3CCN(C(=O)CCC[Si](C)(C)O)CC3)cn2)c1=O. The summed E-state index contributed by atoms with van der Waals surface area (Å²) in [6.07, 6.45) is 15.1. The molecule has 496 valence electrons. The van der Waals surface area contributed by atoms with Crippen molar-refractivity contribution in [2.45, 2.75) is 115 Å². The van der Waals surface area contributed by atoms with Gasteiger partial charge in [-0.25, -0.2) is 14.1 Å². The molecule has 0 radical (unpaired) electrons. The lowest BCUT2D eigenvalue weighted by Crippen LogP contribution is -2.48. The number of ether oxygens (including phenoxy) is 1. The number of anilines is 5. The van der Waals surface area contributed by atoms with Gasteiger partial charge in [0.2, 0.25) is 11.8 Å². The molecule has 3 fully saturated rings. The van der Waals surface area contributed by atoms with Gasteiger partial charge in [0.25, 0.3) is 17.0 Å². The van der Waals surface area contributed by atoms with Crippen LogP contribution < -0.4 is 36.7 Å². The van der Waals surface area contributed by atoms with Gasteiger partial charge in [0.05, 0.1) is 35.6 Å². The average molecular weight is 1320 g/mol. The van der Waals surface area contributed by atoms with Gasteiger partial charge >= 0.3 is 0 Å². The quantitative estimate of drug-likeness (QED) is 0.0210. The lowest BCUT2D eigenvalue weighted by Gasteiger charge is -2.38. The molecule has 0 bridgehead atoms. The number of piperazine rings is 1. The predicted molar refractivity (Wildman–Crippen MR) is 375 cm³/mol. The van der Waals surface area contributed by atoms with Gasteiger partial charge in [0, 0.05) is 94.1 Å². The fourth-order valence-electron chi connectivity index (χ4n) is 13.4. The van der Waals surface area contributed by atoms with E-state index in [1.807, 2.05) is 113 Å². The van der Waals surface area contributed by atoms with Crippen LogP contribution in [0.5, 0.6) is 11.5 Å². The molecule has 0 spiro atoms. The van der Waals surface area contributed by atoms with Crippen LogP contribution >= 0.6 is 0 Å². The molecular formula is C72H84FN11O9Si2. The molecule has 6 N–H and O–H groups in total. The number of aliphatic hydroxyl groups is 1. The molecule has 3 amide bonds. The zero-order valence-electron chi connectivity index (χ0n) is 54.6. The van der Waals surface area contributed by atoms with Gasteiger partial charge < -0.3 is 54.7 Å². The number of nitrogens with zero attached hydrogens (tertiary/aromatic N) is 8. The van der Waals surface area contributed by atoms with Gasteiger partial charge in [-0.05, 0) is 197 Å². The summed E-state index contributed by atoms with van der Waals surface area (Å²) >= 11 is 0. The molecule has 4 aromatic carbocycles. The third kappa shape index (κ3) is 15.4. The number of carbonyl (C=O) groups is 3. The number of aliphatic hydroxyl groups excluding tert-OH is 1. The number of piperidine rings is 1. The number of amides is 3. The summed E-state index contributed by atoms with van der Waals surface area (Å²) in [7, 11) is -2.80. The minimum absolute atomic E-state index is 0.0313. The Morgan fingerprint density at radius 2 is 1.52 bits per heavy atom. The Balaban J connectivity index is 0.877. The highest BCUT2D eigenvalue weighted by Gasteiger charge is 2.37. The number of para-hydroxylation sites is 1. The van der Waals surface area contributed by atoms with Crippen LogP contribution in [0, 0.1) is 11.7 Å². The van der Waals surface area contributed by atoms with Crippen molar-refractivity contribution in [3.05, 3.63) is 177 Å². The molecule has 1 atom stereocenters. The van der Waals surface area contributed by atoms with E-state index in [1.54, 1.807) is 62.0 Å². The van der Waals surface area contributed by atoms with E-state index in [-0.39, 0.29) is 68.8 Å². The normalized spacial score (nSPS) is 16.3. The lowest BCUT2D eigenvalue weighted by molar-refractivity contribution is -0.131. The fourth-order valence-corrected chi connectivity index (χ4v) is 15.6. The van der Waals surface area contributed by atoms with Gasteiger partial charge in [-0.1, -0.05) is 36.8 Å².